The number of rotatable bonds is 2. The summed E-state index contributed by atoms with van der Waals surface area (Å²) in [5.41, 5.74) is -1.44. The molecule has 0 radical (unpaired) electrons. The van der Waals surface area contributed by atoms with Crippen molar-refractivity contribution in [3.63, 3.8) is 0 Å². The van der Waals surface area contributed by atoms with Crippen molar-refractivity contribution in [2.24, 2.45) is 0 Å². The number of halogens is 3. The highest BCUT2D eigenvalue weighted by Crippen LogP contribution is 2.37. The van der Waals surface area contributed by atoms with Crippen LogP contribution in [-0.2, 0) is 0 Å². The number of carbonyl (C=O) groups is 3. The molecule has 23 heavy (non-hydrogen) atoms. The third kappa shape index (κ3) is 2.14. The van der Waals surface area contributed by atoms with Crippen LogP contribution < -0.4 is 4.90 Å². The van der Waals surface area contributed by atoms with Crippen molar-refractivity contribution in [3.8, 4) is 0 Å². The molecule has 5 nitrogen and oxygen atoms in total. The Kier molecular flexibility index (Phi) is 3.48. The van der Waals surface area contributed by atoms with Crippen LogP contribution in [0.5, 0.6) is 0 Å². The third-order valence-corrected chi connectivity index (χ3v) is 3.99. The van der Waals surface area contributed by atoms with Crippen molar-refractivity contribution in [1.29, 1.82) is 0 Å². The van der Waals surface area contributed by atoms with E-state index in [2.05, 4.69) is 15.9 Å². The highest BCUT2D eigenvalue weighted by atomic mass is 79.9. The minimum Gasteiger partial charge on any atom is -0.478 e. The first-order valence-corrected chi connectivity index (χ1v) is 7.02. The van der Waals surface area contributed by atoms with E-state index in [0.717, 1.165) is 6.07 Å². The molecule has 0 atom stereocenters. The fraction of sp³-hybridized carbons (Fsp3) is 0. The maximum absolute atomic E-state index is 14.3. The van der Waals surface area contributed by atoms with Gasteiger partial charge in [0.15, 0.2) is 11.6 Å². The fourth-order valence-corrected chi connectivity index (χ4v) is 2.92. The summed E-state index contributed by atoms with van der Waals surface area (Å²) in [5.74, 6) is -6.53. The number of carboxylic acids is 1. The Morgan fingerprint density at radius 3 is 2.04 bits per heavy atom. The van der Waals surface area contributed by atoms with Crippen molar-refractivity contribution < 1.29 is 28.3 Å². The monoisotopic (exact) mass is 381 g/mol. The molecule has 2 aromatic carbocycles. The molecule has 1 N–H and O–H groups in total. The average molecular weight is 382 g/mol. The predicted molar refractivity (Wildman–Crippen MR) is 78.6 cm³/mol. The van der Waals surface area contributed by atoms with Crippen LogP contribution in [0.15, 0.2) is 34.8 Å². The number of hydrogen-bond acceptors (Lipinski definition) is 3. The Balaban J connectivity index is 2.22. The van der Waals surface area contributed by atoms with E-state index in [1.165, 1.54) is 24.3 Å². The van der Waals surface area contributed by atoms with E-state index in [4.69, 9.17) is 5.11 Å². The van der Waals surface area contributed by atoms with Gasteiger partial charge in [-0.1, -0.05) is 12.1 Å². The fourth-order valence-electron chi connectivity index (χ4n) is 2.34. The molecule has 0 saturated carbocycles. The van der Waals surface area contributed by atoms with E-state index in [1.54, 1.807) is 0 Å². The molecule has 3 rings (SSSR count). The summed E-state index contributed by atoms with van der Waals surface area (Å²) in [6.45, 7) is 0. The number of nitrogens with zero attached hydrogens (tertiary/aromatic N) is 1. The van der Waals surface area contributed by atoms with Gasteiger partial charge in [-0.2, -0.15) is 0 Å². The third-order valence-electron chi connectivity index (χ3n) is 3.38. The van der Waals surface area contributed by atoms with Crippen LogP contribution in [0, 0.1) is 11.6 Å². The summed E-state index contributed by atoms with van der Waals surface area (Å²) in [7, 11) is 0. The normalized spacial score (nSPS) is 13.4. The summed E-state index contributed by atoms with van der Waals surface area (Å²) in [6, 6.07) is 6.66. The zero-order chi connectivity index (χ0) is 16.9. The second-order valence-corrected chi connectivity index (χ2v) is 5.53. The number of imide groups is 1. The summed E-state index contributed by atoms with van der Waals surface area (Å²) in [4.78, 5) is 36.0. The van der Waals surface area contributed by atoms with Gasteiger partial charge in [-0.3, -0.25) is 9.59 Å². The summed E-state index contributed by atoms with van der Waals surface area (Å²) >= 11 is 2.89. The van der Waals surface area contributed by atoms with Crippen molar-refractivity contribution in [3.05, 3.63) is 63.1 Å². The molecule has 8 heteroatoms. The number of fused-ring (bicyclic) bond motifs is 1. The number of hydrogen-bond donors (Lipinski definition) is 1. The van der Waals surface area contributed by atoms with Crippen LogP contribution in [0.4, 0.5) is 14.5 Å². The van der Waals surface area contributed by atoms with E-state index in [9.17, 15) is 23.2 Å². The lowest BCUT2D eigenvalue weighted by molar-refractivity contribution is 0.0690. The van der Waals surface area contributed by atoms with E-state index < -0.39 is 40.7 Å². The Bertz CT molecular complexity index is 862. The lowest BCUT2D eigenvalue weighted by Gasteiger charge is -2.17. The molecule has 2 aromatic rings. The van der Waals surface area contributed by atoms with Gasteiger partial charge in [0.25, 0.3) is 11.8 Å². The second kappa shape index (κ2) is 5.24. The minimum atomic E-state index is -1.67. The standard InChI is InChI=1S/C15H6BrF2NO4/c16-9-5-8(15(22)23)10(17)11(18)12(9)19-13(20)6-3-1-2-4-7(6)14(19)21/h1-5H,(H,22,23). The van der Waals surface area contributed by atoms with Gasteiger partial charge in [-0.15, -0.1) is 0 Å². The van der Waals surface area contributed by atoms with Gasteiger partial charge < -0.3 is 5.11 Å². The molecule has 0 bridgehead atoms. The molecule has 0 unspecified atom stereocenters. The smallest absolute Gasteiger partial charge is 0.338 e. The van der Waals surface area contributed by atoms with E-state index >= 15 is 0 Å². The van der Waals surface area contributed by atoms with Crippen LogP contribution in [0.25, 0.3) is 0 Å². The zero-order valence-corrected chi connectivity index (χ0v) is 12.7. The van der Waals surface area contributed by atoms with Crippen molar-refractivity contribution in [2.45, 2.75) is 0 Å². The van der Waals surface area contributed by atoms with E-state index in [0.29, 0.717) is 4.90 Å². The first-order chi connectivity index (χ1) is 10.8. The quantitative estimate of drug-likeness (QED) is 0.640. The molecule has 0 saturated heterocycles. The summed E-state index contributed by atoms with van der Waals surface area (Å²) < 4.78 is 28.0. The van der Waals surface area contributed by atoms with Crippen LogP contribution in [0.2, 0.25) is 0 Å². The summed E-state index contributed by atoms with van der Waals surface area (Å²) in [5, 5.41) is 8.84. The lowest BCUT2D eigenvalue weighted by atomic mass is 10.1. The van der Waals surface area contributed by atoms with Crippen molar-refractivity contribution in [2.75, 3.05) is 4.90 Å². The van der Waals surface area contributed by atoms with Gasteiger partial charge in [0.2, 0.25) is 0 Å². The van der Waals surface area contributed by atoms with Crippen LogP contribution >= 0.6 is 15.9 Å². The number of benzene rings is 2. The van der Waals surface area contributed by atoms with Gasteiger partial charge in [0.1, 0.15) is 5.69 Å². The van der Waals surface area contributed by atoms with Gasteiger partial charge >= 0.3 is 5.97 Å². The van der Waals surface area contributed by atoms with Crippen LogP contribution in [-0.4, -0.2) is 22.9 Å². The van der Waals surface area contributed by atoms with Gasteiger partial charge in [-0.25, -0.2) is 18.5 Å². The van der Waals surface area contributed by atoms with E-state index in [-0.39, 0.29) is 15.6 Å². The molecule has 1 heterocycles. The molecule has 1 aliphatic rings. The number of anilines is 1. The maximum atomic E-state index is 14.3. The first kappa shape index (κ1) is 15.3. The SMILES string of the molecule is O=C(O)c1cc(Br)c(N2C(=O)c3ccccc3C2=O)c(F)c1F. The van der Waals surface area contributed by atoms with Crippen LogP contribution in [0.1, 0.15) is 31.1 Å². The molecule has 0 fully saturated rings. The Morgan fingerprint density at radius 1 is 1.04 bits per heavy atom. The molecule has 2 amide bonds. The van der Waals surface area contributed by atoms with Gasteiger partial charge in [0.05, 0.1) is 16.7 Å². The molecule has 116 valence electrons. The molecular formula is C15H6BrF2NO4. The Hall–Kier alpha value is -2.61. The van der Waals surface area contributed by atoms with Crippen LogP contribution in [0.3, 0.4) is 0 Å². The predicted octanol–water partition coefficient (Wildman–Crippen LogP) is 3.23. The average Bonchev–Trinajstić information content (AvgIpc) is 2.76. The highest BCUT2D eigenvalue weighted by Gasteiger charge is 2.40. The molecule has 0 aromatic heterocycles. The van der Waals surface area contributed by atoms with Crippen molar-refractivity contribution in [1.82, 2.24) is 0 Å². The molecule has 0 aliphatic carbocycles. The first-order valence-electron chi connectivity index (χ1n) is 6.23. The minimum absolute atomic E-state index is 0.0616. The van der Waals surface area contributed by atoms with Crippen molar-refractivity contribution >= 4 is 39.4 Å². The number of amides is 2. The number of carbonyl (C=O) groups excluding carboxylic acids is 2. The maximum Gasteiger partial charge on any atom is 0.338 e. The summed E-state index contributed by atoms with van der Waals surface area (Å²) in [6.07, 6.45) is 0. The highest BCUT2D eigenvalue weighted by molar-refractivity contribution is 9.10. The lowest BCUT2D eigenvalue weighted by Crippen LogP contribution is -2.31. The molecule has 1 aliphatic heterocycles. The zero-order valence-electron chi connectivity index (χ0n) is 11.1. The molecule has 0 spiro atoms. The van der Waals surface area contributed by atoms with Gasteiger partial charge in [0, 0.05) is 4.47 Å². The Labute approximate surface area is 136 Å². The topological polar surface area (TPSA) is 74.7 Å². The van der Waals surface area contributed by atoms with E-state index in [1.807, 2.05) is 0 Å². The Morgan fingerprint density at radius 2 is 1.57 bits per heavy atom. The van der Waals surface area contributed by atoms with Gasteiger partial charge in [-0.05, 0) is 34.1 Å². The second-order valence-electron chi connectivity index (χ2n) is 4.68. The molecular weight excluding hydrogens is 376 g/mol. The number of aromatic carboxylic acids is 1. The largest absolute Gasteiger partial charge is 0.478 e. The number of carboxylic acid groups (broad SMARTS) is 1.